The average molecular weight is 457 g/mol. The van der Waals surface area contributed by atoms with Crippen LogP contribution in [0.2, 0.25) is 0 Å². The first-order valence-corrected chi connectivity index (χ1v) is 11.1. The molecule has 0 aliphatic heterocycles. The fraction of sp³-hybridized carbons (Fsp3) is 0.231. The number of aromatic nitrogens is 3. The minimum absolute atomic E-state index is 0.121. The summed E-state index contributed by atoms with van der Waals surface area (Å²) in [6, 6.07) is 19.1. The zero-order chi connectivity index (χ0) is 23.5. The molecular weight excluding hydrogens is 432 g/mol. The van der Waals surface area contributed by atoms with Gasteiger partial charge in [0.15, 0.2) is 12.3 Å². The Bertz CT molecular complexity index is 1310. The molecule has 1 unspecified atom stereocenters. The second kappa shape index (κ2) is 9.35. The molecule has 0 spiro atoms. The van der Waals surface area contributed by atoms with E-state index in [1.165, 1.54) is 6.20 Å². The van der Waals surface area contributed by atoms with E-state index < -0.39 is 5.97 Å². The van der Waals surface area contributed by atoms with Crippen LogP contribution in [-0.2, 0) is 9.53 Å². The summed E-state index contributed by atoms with van der Waals surface area (Å²) in [5.41, 5.74) is 3.33. The number of fused-ring (bicyclic) bond motifs is 1. The van der Waals surface area contributed by atoms with Gasteiger partial charge in [-0.25, -0.2) is 14.3 Å². The Morgan fingerprint density at radius 1 is 1.09 bits per heavy atom. The van der Waals surface area contributed by atoms with Gasteiger partial charge in [0.25, 0.3) is 5.91 Å². The van der Waals surface area contributed by atoms with Crippen LogP contribution in [0.3, 0.4) is 0 Å². The summed E-state index contributed by atoms with van der Waals surface area (Å²) in [6.45, 7) is -0.381. The van der Waals surface area contributed by atoms with Gasteiger partial charge >= 0.3 is 5.97 Å². The fourth-order valence-electron chi connectivity index (χ4n) is 4.00. The van der Waals surface area contributed by atoms with Crippen LogP contribution >= 0.6 is 0 Å². The van der Waals surface area contributed by atoms with Gasteiger partial charge in [-0.05, 0) is 42.5 Å². The third kappa shape index (κ3) is 4.47. The van der Waals surface area contributed by atoms with Crippen molar-refractivity contribution in [2.45, 2.75) is 18.9 Å². The number of carbonyl (C=O) groups excluding carboxylic acids is 2. The van der Waals surface area contributed by atoms with Crippen molar-refractivity contribution in [3.63, 3.8) is 0 Å². The largest absolute Gasteiger partial charge is 0.497 e. The van der Waals surface area contributed by atoms with Gasteiger partial charge in [0, 0.05) is 11.8 Å². The maximum absolute atomic E-state index is 12.7. The van der Waals surface area contributed by atoms with Crippen molar-refractivity contribution in [2.24, 2.45) is 5.92 Å². The van der Waals surface area contributed by atoms with Gasteiger partial charge in [0.1, 0.15) is 11.3 Å². The van der Waals surface area contributed by atoms with Crippen LogP contribution in [0.5, 0.6) is 5.75 Å². The van der Waals surface area contributed by atoms with Crippen molar-refractivity contribution in [1.82, 2.24) is 19.9 Å². The van der Waals surface area contributed by atoms with Crippen LogP contribution in [0.4, 0.5) is 0 Å². The van der Waals surface area contributed by atoms with E-state index >= 15 is 0 Å². The van der Waals surface area contributed by atoms with Crippen LogP contribution < -0.4 is 10.1 Å². The quantitative estimate of drug-likeness (QED) is 0.405. The minimum Gasteiger partial charge on any atom is -0.497 e. The lowest BCUT2D eigenvalue weighted by Crippen LogP contribution is -2.33. The molecule has 1 N–H and O–H groups in total. The highest BCUT2D eigenvalue weighted by Crippen LogP contribution is 2.41. The highest BCUT2D eigenvalue weighted by Gasteiger charge is 2.33. The molecule has 0 radical (unpaired) electrons. The molecule has 8 nitrogen and oxygen atoms in total. The molecule has 4 aromatic rings. The number of ether oxygens (including phenoxy) is 2. The predicted molar refractivity (Wildman–Crippen MR) is 125 cm³/mol. The van der Waals surface area contributed by atoms with Crippen molar-refractivity contribution < 1.29 is 19.1 Å². The standard InChI is InChI=1S/C26H24N4O4/c1-33-20-11-9-19(10-12-20)24(18-7-8-18)29-23(31)16-34-26(32)21-15-28-30-22(13-14-27-25(21)30)17-5-3-2-4-6-17/h2-6,9-15,18,24H,7-8,16H2,1H3,(H,29,31). The minimum atomic E-state index is -0.643. The van der Waals surface area contributed by atoms with Gasteiger partial charge in [0.05, 0.1) is 25.0 Å². The van der Waals surface area contributed by atoms with Crippen molar-refractivity contribution >= 4 is 17.5 Å². The molecule has 8 heteroatoms. The Kier molecular flexibility index (Phi) is 5.95. The van der Waals surface area contributed by atoms with Crippen molar-refractivity contribution in [3.8, 4) is 17.0 Å². The van der Waals surface area contributed by atoms with Gasteiger partial charge in [-0.15, -0.1) is 0 Å². The summed E-state index contributed by atoms with van der Waals surface area (Å²) in [4.78, 5) is 29.6. The third-order valence-corrected chi connectivity index (χ3v) is 5.91. The van der Waals surface area contributed by atoms with Crippen molar-refractivity contribution in [2.75, 3.05) is 13.7 Å². The first-order valence-electron chi connectivity index (χ1n) is 11.1. The van der Waals surface area contributed by atoms with E-state index in [0.717, 1.165) is 35.4 Å². The molecule has 1 fully saturated rings. The van der Waals surface area contributed by atoms with Crippen molar-refractivity contribution in [3.05, 3.63) is 84.2 Å². The van der Waals surface area contributed by atoms with Crippen LogP contribution in [0.25, 0.3) is 16.9 Å². The number of esters is 1. The van der Waals surface area contributed by atoms with E-state index in [9.17, 15) is 9.59 Å². The van der Waals surface area contributed by atoms with E-state index in [-0.39, 0.29) is 24.1 Å². The molecule has 1 aliphatic rings. The first-order chi connectivity index (χ1) is 16.6. The molecule has 1 aliphatic carbocycles. The first kappa shape index (κ1) is 21.6. The van der Waals surface area contributed by atoms with Gasteiger partial charge in [-0.1, -0.05) is 42.5 Å². The molecule has 1 atom stereocenters. The van der Waals surface area contributed by atoms with Gasteiger partial charge < -0.3 is 14.8 Å². The zero-order valence-corrected chi connectivity index (χ0v) is 18.7. The SMILES string of the molecule is COc1ccc(C(NC(=O)COC(=O)c2cnn3c(-c4ccccc4)ccnc23)C2CC2)cc1. The highest BCUT2D eigenvalue weighted by molar-refractivity contribution is 5.97. The fourth-order valence-corrected chi connectivity index (χ4v) is 4.00. The predicted octanol–water partition coefficient (Wildman–Crippen LogP) is 3.83. The third-order valence-electron chi connectivity index (χ3n) is 5.91. The van der Waals surface area contributed by atoms with E-state index in [2.05, 4.69) is 15.4 Å². The monoisotopic (exact) mass is 456 g/mol. The normalized spacial score (nSPS) is 13.9. The molecule has 1 amide bonds. The zero-order valence-electron chi connectivity index (χ0n) is 18.7. The molecule has 2 aromatic heterocycles. The smallest absolute Gasteiger partial charge is 0.344 e. The maximum atomic E-state index is 12.7. The maximum Gasteiger partial charge on any atom is 0.344 e. The van der Waals surface area contributed by atoms with E-state index in [1.807, 2.05) is 60.7 Å². The van der Waals surface area contributed by atoms with Crippen LogP contribution in [0.1, 0.15) is 34.8 Å². The number of methoxy groups -OCH3 is 1. The Morgan fingerprint density at radius 2 is 1.85 bits per heavy atom. The summed E-state index contributed by atoms with van der Waals surface area (Å²) in [5, 5.41) is 7.33. The molecule has 1 saturated carbocycles. The molecular formula is C26H24N4O4. The second-order valence-electron chi connectivity index (χ2n) is 8.22. The molecule has 2 aromatic carbocycles. The Balaban J connectivity index is 1.26. The van der Waals surface area contributed by atoms with Crippen LogP contribution in [0, 0.1) is 5.92 Å². The number of carbonyl (C=O) groups is 2. The van der Waals surface area contributed by atoms with E-state index in [4.69, 9.17) is 9.47 Å². The topological polar surface area (TPSA) is 94.8 Å². The van der Waals surface area contributed by atoms with E-state index in [1.54, 1.807) is 17.8 Å². The number of rotatable bonds is 8. The summed E-state index contributed by atoms with van der Waals surface area (Å²) in [6.07, 6.45) is 5.14. The number of nitrogens with one attached hydrogen (secondary N) is 1. The van der Waals surface area contributed by atoms with Gasteiger partial charge in [-0.2, -0.15) is 5.10 Å². The average Bonchev–Trinajstić information content (AvgIpc) is 3.64. The number of nitrogens with zero attached hydrogens (tertiary/aromatic N) is 3. The lowest BCUT2D eigenvalue weighted by atomic mass is 10.0. The number of amides is 1. The molecule has 2 heterocycles. The summed E-state index contributed by atoms with van der Waals surface area (Å²) >= 11 is 0. The molecule has 172 valence electrons. The summed E-state index contributed by atoms with van der Waals surface area (Å²) in [5.74, 6) is 0.148. The number of benzene rings is 2. The van der Waals surface area contributed by atoms with E-state index in [0.29, 0.717) is 11.6 Å². The van der Waals surface area contributed by atoms with Gasteiger partial charge in [-0.3, -0.25) is 4.79 Å². The van der Waals surface area contributed by atoms with Crippen LogP contribution in [-0.4, -0.2) is 40.2 Å². The van der Waals surface area contributed by atoms with Crippen molar-refractivity contribution in [1.29, 1.82) is 0 Å². The number of hydrogen-bond donors (Lipinski definition) is 1. The lowest BCUT2D eigenvalue weighted by Gasteiger charge is -2.19. The Morgan fingerprint density at radius 3 is 2.56 bits per heavy atom. The number of hydrogen-bond acceptors (Lipinski definition) is 6. The molecule has 34 heavy (non-hydrogen) atoms. The molecule has 5 rings (SSSR count). The molecule has 0 saturated heterocycles. The summed E-state index contributed by atoms with van der Waals surface area (Å²) < 4.78 is 12.1. The molecule has 0 bridgehead atoms. The van der Waals surface area contributed by atoms with Crippen LogP contribution in [0.15, 0.2) is 73.1 Å². The Labute approximate surface area is 196 Å². The van der Waals surface area contributed by atoms with Gasteiger partial charge in [0.2, 0.25) is 0 Å². The Hall–Kier alpha value is -4.20. The lowest BCUT2D eigenvalue weighted by molar-refractivity contribution is -0.125. The highest BCUT2D eigenvalue weighted by atomic mass is 16.5. The summed E-state index contributed by atoms with van der Waals surface area (Å²) in [7, 11) is 1.62. The second-order valence-corrected chi connectivity index (χ2v) is 8.22.